The lowest BCUT2D eigenvalue weighted by Crippen LogP contribution is -2.45. The number of aromatic nitrogens is 2. The zero-order chi connectivity index (χ0) is 18.1. The number of carbonyl (C=O) groups is 3. The van der Waals surface area contributed by atoms with Gasteiger partial charge in [0.25, 0.3) is 5.91 Å². The maximum Gasteiger partial charge on any atom is 0.328 e. The summed E-state index contributed by atoms with van der Waals surface area (Å²) >= 11 is 0. The van der Waals surface area contributed by atoms with E-state index >= 15 is 0 Å². The third-order valence-electron chi connectivity index (χ3n) is 2.87. The molecule has 1 amide bonds. The Labute approximate surface area is 139 Å². The van der Waals surface area contributed by atoms with Crippen molar-refractivity contribution in [3.05, 3.63) is 24.3 Å². The molecule has 24 heavy (non-hydrogen) atoms. The molecule has 130 valence electrons. The Morgan fingerprint density at radius 1 is 1.33 bits per heavy atom. The highest BCUT2D eigenvalue weighted by atomic mass is 16.5. The van der Waals surface area contributed by atoms with Crippen LogP contribution in [-0.4, -0.2) is 51.1 Å². The lowest BCUT2D eigenvalue weighted by Gasteiger charge is -2.20. The summed E-state index contributed by atoms with van der Waals surface area (Å²) in [5, 5.41) is 19.1. The van der Waals surface area contributed by atoms with E-state index in [-0.39, 0.29) is 18.7 Å². The van der Waals surface area contributed by atoms with Crippen molar-refractivity contribution in [1.29, 1.82) is 5.41 Å². The lowest BCUT2D eigenvalue weighted by atomic mass is 10.1. The number of hydrogen-bond donors (Lipinski definition) is 3. The van der Waals surface area contributed by atoms with Crippen LogP contribution in [0.2, 0.25) is 0 Å². The molecule has 1 heterocycles. The number of rotatable bonds is 9. The molecular formula is C15H20N4O5. The van der Waals surface area contributed by atoms with Gasteiger partial charge in [0.1, 0.15) is 6.04 Å². The van der Waals surface area contributed by atoms with Gasteiger partial charge < -0.3 is 20.6 Å². The molecular weight excluding hydrogens is 316 g/mol. The second kappa shape index (κ2) is 9.46. The molecule has 0 fully saturated rings. The van der Waals surface area contributed by atoms with Crippen LogP contribution in [0.5, 0.6) is 0 Å². The van der Waals surface area contributed by atoms with Gasteiger partial charge in [-0.2, -0.15) is 0 Å². The third-order valence-corrected chi connectivity index (χ3v) is 2.87. The standard InChI is InChI=1S/C15H20N4O5/c1-9(2)24-15(23)11(5-4-10(20)8-16)19-14(22)12(21)13-17-6-3-7-18-13/h3,6-9,11-12,16,21H,4-5H2,1-2H3,(H,19,22)/t11-,12-/m0/s1. The SMILES string of the molecule is CC(C)OC(=O)[C@H](CCC(=O)C=N)NC(=O)[C@@H](O)c1ncccn1. The fourth-order valence-corrected chi connectivity index (χ4v) is 1.74. The highest BCUT2D eigenvalue weighted by molar-refractivity contribution is 6.26. The van der Waals surface area contributed by atoms with Crippen LogP contribution in [0.15, 0.2) is 18.5 Å². The molecule has 0 aliphatic carbocycles. The first kappa shape index (κ1) is 19.4. The summed E-state index contributed by atoms with van der Waals surface area (Å²) in [6.07, 6.45) is 1.15. The smallest absolute Gasteiger partial charge is 0.328 e. The molecule has 1 aromatic heterocycles. The van der Waals surface area contributed by atoms with Crippen molar-refractivity contribution >= 4 is 23.9 Å². The van der Waals surface area contributed by atoms with Gasteiger partial charge >= 0.3 is 5.97 Å². The lowest BCUT2D eigenvalue weighted by molar-refractivity contribution is -0.152. The predicted molar refractivity (Wildman–Crippen MR) is 83.2 cm³/mol. The van der Waals surface area contributed by atoms with E-state index in [2.05, 4.69) is 15.3 Å². The summed E-state index contributed by atoms with van der Waals surface area (Å²) < 4.78 is 5.03. The predicted octanol–water partition coefficient (Wildman–Crippen LogP) is -0.0547. The van der Waals surface area contributed by atoms with Crippen molar-refractivity contribution in [3.63, 3.8) is 0 Å². The summed E-state index contributed by atoms with van der Waals surface area (Å²) in [5.41, 5.74) is 0. The maximum atomic E-state index is 12.1. The molecule has 9 heteroatoms. The van der Waals surface area contributed by atoms with E-state index < -0.39 is 35.9 Å². The topological polar surface area (TPSA) is 142 Å². The first-order valence-electron chi connectivity index (χ1n) is 7.34. The van der Waals surface area contributed by atoms with Crippen LogP contribution in [0.25, 0.3) is 0 Å². The van der Waals surface area contributed by atoms with Crippen LogP contribution in [0.3, 0.4) is 0 Å². The molecule has 2 atom stereocenters. The molecule has 0 bridgehead atoms. The maximum absolute atomic E-state index is 12.1. The summed E-state index contributed by atoms with van der Waals surface area (Å²) in [6, 6.07) is 0.405. The van der Waals surface area contributed by atoms with E-state index in [1.807, 2.05) is 0 Å². The number of nitrogens with zero attached hydrogens (tertiary/aromatic N) is 2. The molecule has 0 spiro atoms. The molecule has 0 unspecified atom stereocenters. The van der Waals surface area contributed by atoms with E-state index in [0.717, 1.165) is 0 Å². The van der Waals surface area contributed by atoms with Gasteiger partial charge in [-0.1, -0.05) is 0 Å². The Morgan fingerprint density at radius 2 is 1.96 bits per heavy atom. The highest BCUT2D eigenvalue weighted by Crippen LogP contribution is 2.09. The van der Waals surface area contributed by atoms with Crippen molar-refractivity contribution in [2.24, 2.45) is 0 Å². The average Bonchev–Trinajstić information content (AvgIpc) is 2.57. The van der Waals surface area contributed by atoms with Gasteiger partial charge in [0, 0.05) is 18.8 Å². The number of esters is 1. The quantitative estimate of drug-likeness (QED) is 0.423. The molecule has 0 aliphatic rings. The Morgan fingerprint density at radius 3 is 2.50 bits per heavy atom. The number of ether oxygens (including phenoxy) is 1. The average molecular weight is 336 g/mol. The number of ketones is 1. The van der Waals surface area contributed by atoms with Gasteiger partial charge in [-0.25, -0.2) is 14.8 Å². The normalized spacial score (nSPS) is 13.0. The van der Waals surface area contributed by atoms with Crippen molar-refractivity contribution in [3.8, 4) is 0 Å². The molecule has 1 aromatic rings. The minimum Gasteiger partial charge on any atom is -0.461 e. The number of amides is 1. The summed E-state index contributed by atoms with van der Waals surface area (Å²) in [4.78, 5) is 42.9. The summed E-state index contributed by atoms with van der Waals surface area (Å²) in [6.45, 7) is 3.29. The number of aliphatic hydroxyl groups excluding tert-OH is 1. The Hall–Kier alpha value is -2.68. The highest BCUT2D eigenvalue weighted by Gasteiger charge is 2.28. The molecule has 0 aromatic carbocycles. The summed E-state index contributed by atoms with van der Waals surface area (Å²) in [5.74, 6) is -2.20. The zero-order valence-electron chi connectivity index (χ0n) is 13.4. The van der Waals surface area contributed by atoms with Gasteiger partial charge in [-0.05, 0) is 26.3 Å². The minimum absolute atomic E-state index is 0.0477. The van der Waals surface area contributed by atoms with Crippen LogP contribution in [-0.2, 0) is 19.1 Å². The number of aliphatic hydroxyl groups is 1. The van der Waals surface area contributed by atoms with E-state index in [1.54, 1.807) is 13.8 Å². The van der Waals surface area contributed by atoms with Crippen molar-refractivity contribution < 1.29 is 24.2 Å². The monoisotopic (exact) mass is 336 g/mol. The minimum atomic E-state index is -1.65. The zero-order valence-corrected chi connectivity index (χ0v) is 13.4. The van der Waals surface area contributed by atoms with Crippen LogP contribution in [0.4, 0.5) is 0 Å². The number of hydrogen-bond acceptors (Lipinski definition) is 8. The van der Waals surface area contributed by atoms with Gasteiger partial charge in [0.2, 0.25) is 0 Å². The van der Waals surface area contributed by atoms with E-state index in [1.165, 1.54) is 18.5 Å². The first-order chi connectivity index (χ1) is 11.3. The third kappa shape index (κ3) is 6.21. The molecule has 9 nitrogen and oxygen atoms in total. The largest absolute Gasteiger partial charge is 0.461 e. The molecule has 0 aliphatic heterocycles. The van der Waals surface area contributed by atoms with Crippen LogP contribution >= 0.6 is 0 Å². The van der Waals surface area contributed by atoms with Gasteiger partial charge in [0.15, 0.2) is 17.7 Å². The van der Waals surface area contributed by atoms with Gasteiger partial charge in [0.05, 0.1) is 12.3 Å². The Kier molecular flexibility index (Phi) is 7.63. The molecule has 0 radical (unpaired) electrons. The fourth-order valence-electron chi connectivity index (χ4n) is 1.74. The second-order valence-electron chi connectivity index (χ2n) is 5.21. The number of carbonyl (C=O) groups excluding carboxylic acids is 3. The van der Waals surface area contributed by atoms with Crippen molar-refractivity contribution in [2.45, 2.75) is 44.9 Å². The first-order valence-corrected chi connectivity index (χ1v) is 7.34. The van der Waals surface area contributed by atoms with E-state index in [4.69, 9.17) is 10.1 Å². The van der Waals surface area contributed by atoms with E-state index in [9.17, 15) is 19.5 Å². The van der Waals surface area contributed by atoms with Gasteiger partial charge in [-0.3, -0.25) is 9.59 Å². The molecule has 1 rings (SSSR count). The fraction of sp³-hybridized carbons (Fsp3) is 0.467. The number of nitrogens with one attached hydrogen (secondary N) is 2. The second-order valence-corrected chi connectivity index (χ2v) is 5.21. The Bertz CT molecular complexity index is 591. The molecule has 0 saturated heterocycles. The van der Waals surface area contributed by atoms with Crippen LogP contribution < -0.4 is 5.32 Å². The van der Waals surface area contributed by atoms with Crippen molar-refractivity contribution in [1.82, 2.24) is 15.3 Å². The van der Waals surface area contributed by atoms with Gasteiger partial charge in [-0.15, -0.1) is 0 Å². The Balaban J connectivity index is 2.78. The van der Waals surface area contributed by atoms with Crippen molar-refractivity contribution in [2.75, 3.05) is 0 Å². The van der Waals surface area contributed by atoms with Crippen LogP contribution in [0, 0.1) is 5.41 Å². The molecule has 0 saturated carbocycles. The van der Waals surface area contributed by atoms with Crippen LogP contribution in [0.1, 0.15) is 38.6 Å². The summed E-state index contributed by atoms with van der Waals surface area (Å²) in [7, 11) is 0. The molecule has 3 N–H and O–H groups in total. The van der Waals surface area contributed by atoms with E-state index in [0.29, 0.717) is 6.21 Å². The number of Topliss-reactive ketones (excluding diaryl/α,β-unsaturated/α-hetero) is 1.